The molecule has 0 aliphatic rings. The number of hydrogen-bond donors (Lipinski definition) is 2. The highest BCUT2D eigenvalue weighted by Gasteiger charge is 2.11. The Balaban J connectivity index is 1.98. The van der Waals surface area contributed by atoms with Crippen LogP contribution in [0.5, 0.6) is 5.75 Å². The number of aliphatic carboxylic acids is 1. The molecule has 0 unspecified atom stereocenters. The highest BCUT2D eigenvalue weighted by Crippen LogP contribution is 2.35. The second kappa shape index (κ2) is 10.3. The van der Waals surface area contributed by atoms with Crippen LogP contribution >= 0.6 is 31.9 Å². The summed E-state index contributed by atoms with van der Waals surface area (Å²) >= 11 is 7.06. The Hall–Kier alpha value is -1.53. The monoisotopic (exact) mass is 511 g/mol. The number of benzene rings is 2. The molecular formula is C22H27Br2NO3. The van der Waals surface area contributed by atoms with Crippen LogP contribution in [-0.4, -0.2) is 17.6 Å². The molecule has 4 nitrogen and oxygen atoms in total. The van der Waals surface area contributed by atoms with Crippen LogP contribution in [0.2, 0.25) is 0 Å². The van der Waals surface area contributed by atoms with Crippen LogP contribution in [0.25, 0.3) is 0 Å². The molecule has 0 spiro atoms. The third-order valence-corrected chi connectivity index (χ3v) is 5.38. The summed E-state index contributed by atoms with van der Waals surface area (Å²) in [6.07, 6.45) is 1.69. The Morgan fingerprint density at radius 2 is 1.79 bits per heavy atom. The molecule has 6 heteroatoms. The van der Waals surface area contributed by atoms with Crippen molar-refractivity contribution in [2.45, 2.75) is 46.6 Å². The maximum atomic E-state index is 10.8. The molecule has 2 rings (SSSR count). The minimum atomic E-state index is -0.802. The highest BCUT2D eigenvalue weighted by molar-refractivity contribution is 9.11. The molecular weight excluding hydrogens is 486 g/mol. The average Bonchev–Trinajstić information content (AvgIpc) is 2.58. The second-order valence-electron chi connectivity index (χ2n) is 8.01. The molecule has 0 saturated heterocycles. The Bertz CT molecular complexity index is 793. The van der Waals surface area contributed by atoms with Crippen molar-refractivity contribution in [3.05, 3.63) is 56.5 Å². The van der Waals surface area contributed by atoms with Gasteiger partial charge in [-0.05, 0) is 85.5 Å². The number of carboxylic acid groups (broad SMARTS) is 1. The van der Waals surface area contributed by atoms with Crippen LogP contribution in [0, 0.1) is 5.41 Å². The molecule has 0 saturated carbocycles. The van der Waals surface area contributed by atoms with Gasteiger partial charge in [0.05, 0.1) is 8.95 Å². The molecule has 152 valence electrons. The van der Waals surface area contributed by atoms with Crippen molar-refractivity contribution in [2.75, 3.05) is 11.9 Å². The number of rotatable bonds is 9. The summed E-state index contributed by atoms with van der Waals surface area (Å²) < 4.78 is 7.62. The second-order valence-corrected chi connectivity index (χ2v) is 9.72. The van der Waals surface area contributed by atoms with Gasteiger partial charge in [0.1, 0.15) is 12.4 Å². The van der Waals surface area contributed by atoms with E-state index in [9.17, 15) is 4.79 Å². The van der Waals surface area contributed by atoms with Crippen molar-refractivity contribution < 1.29 is 14.6 Å². The third-order valence-electron chi connectivity index (χ3n) is 4.20. The van der Waals surface area contributed by atoms with Gasteiger partial charge in [-0.25, -0.2) is 0 Å². The van der Waals surface area contributed by atoms with Crippen LogP contribution in [0.1, 0.15) is 44.7 Å². The topological polar surface area (TPSA) is 58.6 Å². The first-order chi connectivity index (χ1) is 13.1. The van der Waals surface area contributed by atoms with Gasteiger partial charge in [-0.2, -0.15) is 0 Å². The third kappa shape index (κ3) is 7.84. The van der Waals surface area contributed by atoms with Gasteiger partial charge in [-0.1, -0.05) is 32.9 Å². The standard InChI is InChI=1S/C22H27Br2NO3/c1-22(2,3)9-10-25-17-6-4-5-16(11-17)14-28-21-18(23)12-15(13-19(21)24)7-8-20(26)27/h4-6,11-13,25H,7-10,14H2,1-3H3,(H,26,27). The fourth-order valence-corrected chi connectivity index (χ4v) is 4.16. The SMILES string of the molecule is CC(C)(C)CCNc1cccc(COc2c(Br)cc(CCC(=O)O)cc2Br)c1. The molecule has 0 bridgehead atoms. The van der Waals surface area contributed by atoms with Crippen LogP contribution in [0.4, 0.5) is 5.69 Å². The lowest BCUT2D eigenvalue weighted by Crippen LogP contribution is -2.12. The van der Waals surface area contributed by atoms with E-state index in [-0.39, 0.29) is 6.42 Å². The maximum Gasteiger partial charge on any atom is 0.303 e. The molecule has 2 N–H and O–H groups in total. The summed E-state index contributed by atoms with van der Waals surface area (Å²) in [7, 11) is 0. The number of hydrogen-bond acceptors (Lipinski definition) is 3. The number of carboxylic acids is 1. The minimum absolute atomic E-state index is 0.105. The lowest BCUT2D eigenvalue weighted by atomic mass is 9.92. The first-order valence-electron chi connectivity index (χ1n) is 9.29. The summed E-state index contributed by atoms with van der Waals surface area (Å²) in [5, 5.41) is 12.3. The van der Waals surface area contributed by atoms with Crippen molar-refractivity contribution in [1.29, 1.82) is 0 Å². The van der Waals surface area contributed by atoms with Crippen LogP contribution in [0.15, 0.2) is 45.3 Å². The molecule has 0 amide bonds. The van der Waals surface area contributed by atoms with Crippen molar-refractivity contribution in [3.63, 3.8) is 0 Å². The van der Waals surface area contributed by atoms with Gasteiger partial charge in [0.25, 0.3) is 0 Å². The smallest absolute Gasteiger partial charge is 0.303 e. The molecule has 2 aromatic carbocycles. The largest absolute Gasteiger partial charge is 0.487 e. The number of nitrogens with one attached hydrogen (secondary N) is 1. The number of halogens is 2. The lowest BCUT2D eigenvalue weighted by molar-refractivity contribution is -0.136. The first-order valence-corrected chi connectivity index (χ1v) is 10.9. The number of aryl methyl sites for hydroxylation is 1. The zero-order valence-electron chi connectivity index (χ0n) is 16.5. The normalized spacial score (nSPS) is 11.3. The Kier molecular flexibility index (Phi) is 8.38. The van der Waals surface area contributed by atoms with Gasteiger partial charge >= 0.3 is 5.97 Å². The maximum absolute atomic E-state index is 10.8. The Labute approximate surface area is 183 Å². The zero-order valence-corrected chi connectivity index (χ0v) is 19.7. The summed E-state index contributed by atoms with van der Waals surface area (Å²) in [5.74, 6) is -0.0891. The summed E-state index contributed by atoms with van der Waals surface area (Å²) in [6.45, 7) is 8.09. The van der Waals surface area contributed by atoms with Gasteiger partial charge in [0.2, 0.25) is 0 Å². The number of carbonyl (C=O) groups is 1. The lowest BCUT2D eigenvalue weighted by Gasteiger charge is -2.19. The van der Waals surface area contributed by atoms with Crippen LogP contribution in [-0.2, 0) is 17.8 Å². The molecule has 0 aliphatic heterocycles. The van der Waals surface area contributed by atoms with Crippen molar-refractivity contribution in [3.8, 4) is 5.75 Å². The Morgan fingerprint density at radius 3 is 2.39 bits per heavy atom. The van der Waals surface area contributed by atoms with E-state index >= 15 is 0 Å². The van der Waals surface area contributed by atoms with Gasteiger partial charge in [-0.3, -0.25) is 4.79 Å². The summed E-state index contributed by atoms with van der Waals surface area (Å²) in [5.41, 5.74) is 3.42. The fourth-order valence-electron chi connectivity index (χ4n) is 2.65. The molecule has 0 atom stereocenters. The van der Waals surface area contributed by atoms with E-state index in [1.54, 1.807) is 0 Å². The van der Waals surface area contributed by atoms with E-state index in [0.717, 1.165) is 38.7 Å². The number of ether oxygens (including phenoxy) is 1. The van der Waals surface area contributed by atoms with Crippen LogP contribution in [0.3, 0.4) is 0 Å². The first kappa shape index (κ1) is 22.8. The molecule has 0 fully saturated rings. The summed E-state index contributed by atoms with van der Waals surface area (Å²) in [6, 6.07) is 12.1. The predicted octanol–water partition coefficient (Wildman–Crippen LogP) is 6.66. The molecule has 0 heterocycles. The molecule has 28 heavy (non-hydrogen) atoms. The zero-order chi connectivity index (χ0) is 20.7. The van der Waals surface area contributed by atoms with Crippen LogP contribution < -0.4 is 10.1 Å². The van der Waals surface area contributed by atoms with Gasteiger partial charge < -0.3 is 15.2 Å². The summed E-state index contributed by atoms with van der Waals surface area (Å²) in [4.78, 5) is 10.8. The van der Waals surface area contributed by atoms with Gasteiger partial charge in [0.15, 0.2) is 0 Å². The number of anilines is 1. The minimum Gasteiger partial charge on any atom is -0.487 e. The van der Waals surface area contributed by atoms with E-state index in [2.05, 4.69) is 70.1 Å². The Morgan fingerprint density at radius 1 is 1.11 bits per heavy atom. The molecule has 0 aromatic heterocycles. The molecule has 0 radical (unpaired) electrons. The van der Waals surface area contributed by atoms with Crippen molar-refractivity contribution >= 4 is 43.5 Å². The van der Waals surface area contributed by atoms with E-state index < -0.39 is 5.97 Å². The van der Waals surface area contributed by atoms with E-state index in [1.165, 1.54) is 0 Å². The predicted molar refractivity (Wildman–Crippen MR) is 121 cm³/mol. The van der Waals surface area contributed by atoms with Gasteiger partial charge in [0, 0.05) is 18.7 Å². The quantitative estimate of drug-likeness (QED) is 0.394. The molecule has 2 aromatic rings. The highest BCUT2D eigenvalue weighted by atomic mass is 79.9. The van der Waals surface area contributed by atoms with E-state index in [0.29, 0.717) is 24.2 Å². The molecule has 0 aliphatic carbocycles. The fraction of sp³-hybridized carbons (Fsp3) is 0.409. The van der Waals surface area contributed by atoms with Gasteiger partial charge in [-0.15, -0.1) is 0 Å². The average molecular weight is 513 g/mol. The van der Waals surface area contributed by atoms with E-state index in [1.807, 2.05) is 24.3 Å². The van der Waals surface area contributed by atoms with Crippen molar-refractivity contribution in [2.24, 2.45) is 5.41 Å². The van der Waals surface area contributed by atoms with Crippen molar-refractivity contribution in [1.82, 2.24) is 0 Å². The van der Waals surface area contributed by atoms with E-state index in [4.69, 9.17) is 9.84 Å².